The Labute approximate surface area is 111 Å². The molecule has 0 bridgehead atoms. The van der Waals surface area contributed by atoms with Gasteiger partial charge >= 0.3 is 0 Å². The molecule has 1 aromatic rings. The average Bonchev–Trinajstić information content (AvgIpc) is 2.23. The van der Waals surface area contributed by atoms with Gasteiger partial charge in [0.15, 0.2) is 11.5 Å². The highest BCUT2D eigenvalue weighted by Crippen LogP contribution is 2.37. The standard InChI is InChI=1S/C13H16ClNO3/c1-7(2)8-5-15(6-8)13(18)9-3-4-10(16)12(17)11(9)14/h3-4,7-8,16-17H,5-6H2,1-2H3. The minimum Gasteiger partial charge on any atom is -0.504 e. The van der Waals surface area contributed by atoms with Crippen LogP contribution in [-0.2, 0) is 0 Å². The molecule has 1 aliphatic heterocycles. The number of nitrogens with zero attached hydrogens (tertiary/aromatic N) is 1. The first-order chi connectivity index (χ1) is 8.41. The molecule has 1 aromatic carbocycles. The third kappa shape index (κ3) is 2.12. The van der Waals surface area contributed by atoms with Crippen LogP contribution in [0.3, 0.4) is 0 Å². The van der Waals surface area contributed by atoms with Gasteiger partial charge in [-0.3, -0.25) is 4.79 Å². The highest BCUT2D eigenvalue weighted by atomic mass is 35.5. The van der Waals surface area contributed by atoms with E-state index in [9.17, 15) is 15.0 Å². The molecule has 4 nitrogen and oxygen atoms in total. The predicted molar refractivity (Wildman–Crippen MR) is 69.0 cm³/mol. The molecule has 1 saturated heterocycles. The van der Waals surface area contributed by atoms with E-state index in [-0.39, 0.29) is 22.2 Å². The Morgan fingerprint density at radius 1 is 1.39 bits per heavy atom. The van der Waals surface area contributed by atoms with E-state index >= 15 is 0 Å². The van der Waals surface area contributed by atoms with Crippen LogP contribution in [-0.4, -0.2) is 34.1 Å². The summed E-state index contributed by atoms with van der Waals surface area (Å²) in [6, 6.07) is 2.70. The highest BCUT2D eigenvalue weighted by molar-refractivity contribution is 6.35. The van der Waals surface area contributed by atoms with Crippen LogP contribution in [0.2, 0.25) is 5.02 Å². The van der Waals surface area contributed by atoms with E-state index in [0.717, 1.165) is 0 Å². The van der Waals surface area contributed by atoms with E-state index in [0.29, 0.717) is 24.9 Å². The van der Waals surface area contributed by atoms with Gasteiger partial charge < -0.3 is 15.1 Å². The van der Waals surface area contributed by atoms with Crippen molar-refractivity contribution in [2.75, 3.05) is 13.1 Å². The molecule has 0 aliphatic carbocycles. The molecule has 2 N–H and O–H groups in total. The maximum Gasteiger partial charge on any atom is 0.255 e. The molecule has 0 aromatic heterocycles. The summed E-state index contributed by atoms with van der Waals surface area (Å²) in [7, 11) is 0. The summed E-state index contributed by atoms with van der Waals surface area (Å²) >= 11 is 5.86. The van der Waals surface area contributed by atoms with Crippen molar-refractivity contribution in [1.29, 1.82) is 0 Å². The summed E-state index contributed by atoms with van der Waals surface area (Å²) in [6.45, 7) is 5.70. The van der Waals surface area contributed by atoms with E-state index in [1.807, 2.05) is 0 Å². The van der Waals surface area contributed by atoms with Crippen molar-refractivity contribution < 1.29 is 15.0 Å². The van der Waals surface area contributed by atoms with E-state index in [2.05, 4.69) is 13.8 Å². The maximum absolute atomic E-state index is 12.1. The minimum atomic E-state index is -0.441. The summed E-state index contributed by atoms with van der Waals surface area (Å²) in [5, 5.41) is 18.7. The Hall–Kier alpha value is -1.42. The van der Waals surface area contributed by atoms with Crippen LogP contribution >= 0.6 is 11.6 Å². The number of rotatable bonds is 2. The molecular weight excluding hydrogens is 254 g/mol. The zero-order chi connectivity index (χ0) is 13.4. The number of benzene rings is 1. The fourth-order valence-corrected chi connectivity index (χ4v) is 2.23. The Bertz CT molecular complexity index is 481. The Kier molecular flexibility index (Phi) is 3.39. The molecule has 0 saturated carbocycles. The van der Waals surface area contributed by atoms with Crippen molar-refractivity contribution in [3.8, 4) is 11.5 Å². The van der Waals surface area contributed by atoms with E-state index in [1.54, 1.807) is 4.90 Å². The number of hydrogen-bond acceptors (Lipinski definition) is 3. The minimum absolute atomic E-state index is 0.0898. The number of amides is 1. The Balaban J connectivity index is 2.14. The van der Waals surface area contributed by atoms with Crippen molar-refractivity contribution >= 4 is 17.5 Å². The van der Waals surface area contributed by atoms with Crippen LogP contribution in [0.15, 0.2) is 12.1 Å². The van der Waals surface area contributed by atoms with Gasteiger partial charge in [0, 0.05) is 13.1 Å². The summed E-state index contributed by atoms with van der Waals surface area (Å²) in [5.74, 6) is 0.118. The van der Waals surface area contributed by atoms with Gasteiger partial charge in [0.2, 0.25) is 0 Å². The van der Waals surface area contributed by atoms with Crippen LogP contribution in [0.1, 0.15) is 24.2 Å². The summed E-state index contributed by atoms with van der Waals surface area (Å²) in [5.41, 5.74) is 0.231. The number of aromatic hydroxyl groups is 2. The first-order valence-electron chi connectivity index (χ1n) is 5.91. The third-order valence-electron chi connectivity index (χ3n) is 3.47. The second-order valence-corrected chi connectivity index (χ2v) is 5.39. The van der Waals surface area contributed by atoms with Crippen molar-refractivity contribution in [2.45, 2.75) is 13.8 Å². The third-order valence-corrected chi connectivity index (χ3v) is 3.85. The predicted octanol–water partition coefficient (Wildman–Crippen LogP) is 2.48. The van der Waals surface area contributed by atoms with Crippen LogP contribution in [0.25, 0.3) is 0 Å². The van der Waals surface area contributed by atoms with Crippen LogP contribution in [0.4, 0.5) is 0 Å². The molecule has 1 heterocycles. The summed E-state index contributed by atoms with van der Waals surface area (Å²) in [4.78, 5) is 13.8. The van der Waals surface area contributed by atoms with Crippen molar-refractivity contribution in [2.24, 2.45) is 11.8 Å². The fourth-order valence-electron chi connectivity index (χ4n) is 1.99. The fraction of sp³-hybridized carbons (Fsp3) is 0.462. The Morgan fingerprint density at radius 3 is 2.56 bits per heavy atom. The van der Waals surface area contributed by atoms with Gasteiger partial charge in [-0.2, -0.15) is 0 Å². The number of hydrogen-bond donors (Lipinski definition) is 2. The number of phenols is 2. The van der Waals surface area contributed by atoms with Gasteiger partial charge in [-0.05, 0) is 24.0 Å². The average molecular weight is 270 g/mol. The lowest BCUT2D eigenvalue weighted by atomic mass is 9.88. The van der Waals surface area contributed by atoms with Crippen molar-refractivity contribution in [3.05, 3.63) is 22.7 Å². The molecule has 18 heavy (non-hydrogen) atoms. The number of carbonyl (C=O) groups excluding carboxylic acids is 1. The van der Waals surface area contributed by atoms with Crippen LogP contribution in [0, 0.1) is 11.8 Å². The van der Waals surface area contributed by atoms with E-state index < -0.39 is 5.75 Å². The normalized spacial score (nSPS) is 15.9. The first kappa shape index (κ1) is 13.0. The smallest absolute Gasteiger partial charge is 0.255 e. The van der Waals surface area contributed by atoms with Crippen molar-refractivity contribution in [3.63, 3.8) is 0 Å². The molecule has 0 spiro atoms. The SMILES string of the molecule is CC(C)C1CN(C(=O)c2ccc(O)c(O)c2Cl)C1. The van der Waals surface area contributed by atoms with E-state index in [4.69, 9.17) is 11.6 Å². The zero-order valence-corrected chi connectivity index (χ0v) is 11.1. The number of likely N-dealkylation sites (tertiary alicyclic amines) is 1. The lowest BCUT2D eigenvalue weighted by Gasteiger charge is -2.41. The molecule has 2 rings (SSSR count). The molecule has 98 valence electrons. The van der Waals surface area contributed by atoms with Crippen molar-refractivity contribution in [1.82, 2.24) is 4.90 Å². The lowest BCUT2D eigenvalue weighted by Crippen LogP contribution is -2.51. The molecule has 1 amide bonds. The van der Waals surface area contributed by atoms with Crippen LogP contribution < -0.4 is 0 Å². The summed E-state index contributed by atoms with van der Waals surface area (Å²) < 4.78 is 0. The molecule has 1 aliphatic rings. The topological polar surface area (TPSA) is 60.8 Å². The number of carbonyl (C=O) groups is 1. The largest absolute Gasteiger partial charge is 0.504 e. The molecule has 0 unspecified atom stereocenters. The zero-order valence-electron chi connectivity index (χ0n) is 10.4. The molecule has 0 radical (unpaired) electrons. The molecule has 0 atom stereocenters. The van der Waals surface area contributed by atoms with Gasteiger partial charge in [-0.15, -0.1) is 0 Å². The molecular formula is C13H16ClNO3. The van der Waals surface area contributed by atoms with Gasteiger partial charge in [0.25, 0.3) is 5.91 Å². The first-order valence-corrected chi connectivity index (χ1v) is 6.29. The highest BCUT2D eigenvalue weighted by Gasteiger charge is 2.34. The maximum atomic E-state index is 12.1. The second kappa shape index (κ2) is 4.69. The second-order valence-electron chi connectivity index (χ2n) is 5.01. The molecule has 5 heteroatoms. The van der Waals surface area contributed by atoms with Gasteiger partial charge in [-0.1, -0.05) is 25.4 Å². The van der Waals surface area contributed by atoms with Gasteiger partial charge in [-0.25, -0.2) is 0 Å². The summed E-state index contributed by atoms with van der Waals surface area (Å²) in [6.07, 6.45) is 0. The molecule has 1 fully saturated rings. The lowest BCUT2D eigenvalue weighted by molar-refractivity contribution is 0.0407. The van der Waals surface area contributed by atoms with Gasteiger partial charge in [0.1, 0.15) is 0 Å². The van der Waals surface area contributed by atoms with Gasteiger partial charge in [0.05, 0.1) is 10.6 Å². The quantitative estimate of drug-likeness (QED) is 0.811. The number of halogens is 1. The van der Waals surface area contributed by atoms with E-state index in [1.165, 1.54) is 12.1 Å². The Morgan fingerprint density at radius 2 is 2.00 bits per heavy atom. The monoisotopic (exact) mass is 269 g/mol. The van der Waals surface area contributed by atoms with Crippen LogP contribution in [0.5, 0.6) is 11.5 Å². The number of phenolic OH excluding ortho intramolecular Hbond substituents is 2.